The zero-order valence-corrected chi connectivity index (χ0v) is 6.28. The largest absolute Gasteiger partial charge is 0.505 e. The van der Waals surface area contributed by atoms with Gasteiger partial charge in [-0.25, -0.2) is 15.1 Å². The fourth-order valence-corrected chi connectivity index (χ4v) is 0.694. The number of aliphatic hydroxyl groups is 1. The number of rotatable bonds is 2. The average Bonchev–Trinajstić information content (AvgIpc) is 2.03. The van der Waals surface area contributed by atoms with Gasteiger partial charge in [-0.2, -0.15) is 0 Å². The third kappa shape index (κ3) is 2.12. The zero-order chi connectivity index (χ0) is 9.84. The van der Waals surface area contributed by atoms with Crippen molar-refractivity contribution in [3.63, 3.8) is 0 Å². The van der Waals surface area contributed by atoms with Crippen molar-refractivity contribution in [2.24, 2.45) is 5.10 Å². The van der Waals surface area contributed by atoms with Gasteiger partial charge in [-0.15, -0.1) is 0 Å². The number of pyridine rings is 1. The molecule has 0 aromatic carbocycles. The molecule has 2 N–H and O–H groups in total. The second-order valence-electron chi connectivity index (χ2n) is 2.03. The van der Waals surface area contributed by atoms with Gasteiger partial charge in [-0.05, 0) is 12.1 Å². The van der Waals surface area contributed by atoms with Crippen LogP contribution in [0, 0.1) is 10.1 Å². The van der Waals surface area contributed by atoms with Gasteiger partial charge in [0.25, 0.3) is 0 Å². The molecule has 0 radical (unpaired) electrons. The highest BCUT2D eigenvalue weighted by Gasteiger charge is 2.11. The van der Waals surface area contributed by atoms with Crippen LogP contribution in [0.1, 0.15) is 5.69 Å². The van der Waals surface area contributed by atoms with E-state index in [0.717, 1.165) is 0 Å². The fourth-order valence-electron chi connectivity index (χ4n) is 0.694. The highest BCUT2D eigenvalue weighted by atomic mass is 16.7. The Labute approximate surface area is 72.1 Å². The normalized spacial score (nSPS) is 11.2. The standard InChI is InChI=1S/C6H5N3O4/c10-4-2-1-3-7-5(4)6(11)8-9(12)13/h1-3,10H,(H,8,11). The smallest absolute Gasteiger partial charge is 0.312 e. The minimum absolute atomic E-state index is 0.320. The van der Waals surface area contributed by atoms with Gasteiger partial charge in [0, 0.05) is 6.20 Å². The number of hydrogen-bond donors (Lipinski definition) is 2. The predicted octanol–water partition coefficient (Wildman–Crippen LogP) is 0.283. The van der Waals surface area contributed by atoms with Crippen molar-refractivity contribution in [3.8, 4) is 5.75 Å². The Morgan fingerprint density at radius 2 is 2.38 bits per heavy atom. The van der Waals surface area contributed by atoms with Crippen LogP contribution in [-0.2, 0) is 0 Å². The maximum atomic E-state index is 9.84. The van der Waals surface area contributed by atoms with Gasteiger partial charge in [-0.1, -0.05) is 0 Å². The van der Waals surface area contributed by atoms with E-state index in [4.69, 9.17) is 10.2 Å². The summed E-state index contributed by atoms with van der Waals surface area (Å²) in [6.07, 6.45) is 1.26. The van der Waals surface area contributed by atoms with E-state index in [1.807, 2.05) is 0 Å². The number of hydrogen-bond acceptors (Lipinski definition) is 4. The van der Waals surface area contributed by atoms with Crippen molar-refractivity contribution in [1.82, 2.24) is 4.98 Å². The van der Waals surface area contributed by atoms with E-state index in [2.05, 4.69) is 10.1 Å². The monoisotopic (exact) mass is 183 g/mol. The van der Waals surface area contributed by atoms with E-state index in [-0.39, 0.29) is 11.4 Å². The molecule has 1 heterocycles. The third-order valence-corrected chi connectivity index (χ3v) is 1.17. The Bertz CT molecular complexity index is 363. The lowest BCUT2D eigenvalue weighted by Crippen LogP contribution is -2.05. The van der Waals surface area contributed by atoms with Gasteiger partial charge in [0.15, 0.2) is 10.7 Å². The molecular formula is C6H5N3O4. The van der Waals surface area contributed by atoms with Gasteiger partial charge in [0.1, 0.15) is 10.9 Å². The van der Waals surface area contributed by atoms with Crippen LogP contribution in [0.25, 0.3) is 0 Å². The van der Waals surface area contributed by atoms with Crippen LogP contribution >= 0.6 is 0 Å². The molecule has 7 heteroatoms. The summed E-state index contributed by atoms with van der Waals surface area (Å²) in [6.45, 7) is 0. The molecule has 1 aromatic rings. The van der Waals surface area contributed by atoms with Gasteiger partial charge in [0.2, 0.25) is 0 Å². The van der Waals surface area contributed by atoms with Gasteiger partial charge in [-0.3, -0.25) is 0 Å². The Hall–Kier alpha value is -2.18. The first-order chi connectivity index (χ1) is 6.11. The Balaban J connectivity index is 3.08. The molecule has 0 unspecified atom stereocenters. The molecule has 68 valence electrons. The number of aromatic nitrogens is 1. The molecule has 7 nitrogen and oxygen atoms in total. The minimum Gasteiger partial charge on any atom is -0.505 e. The van der Waals surface area contributed by atoms with Crippen molar-refractivity contribution < 1.29 is 15.2 Å². The van der Waals surface area contributed by atoms with Crippen molar-refractivity contribution in [2.75, 3.05) is 0 Å². The van der Waals surface area contributed by atoms with Gasteiger partial charge in [0.05, 0.1) is 0 Å². The first kappa shape index (κ1) is 8.91. The van der Waals surface area contributed by atoms with E-state index in [9.17, 15) is 10.1 Å². The quantitative estimate of drug-likeness (QED) is 0.296. The Morgan fingerprint density at radius 3 is 2.92 bits per heavy atom. The maximum Gasteiger partial charge on any atom is 0.312 e. The Kier molecular flexibility index (Phi) is 2.38. The first-order valence-electron chi connectivity index (χ1n) is 3.17. The maximum absolute atomic E-state index is 9.84. The third-order valence-electron chi connectivity index (χ3n) is 1.17. The van der Waals surface area contributed by atoms with Crippen molar-refractivity contribution >= 4 is 5.90 Å². The van der Waals surface area contributed by atoms with E-state index in [1.54, 1.807) is 0 Å². The summed E-state index contributed by atoms with van der Waals surface area (Å²) in [5.74, 6) is -1.30. The predicted molar refractivity (Wildman–Crippen MR) is 42.1 cm³/mol. The molecule has 0 spiro atoms. The molecule has 0 aliphatic carbocycles. The number of nitrogens with zero attached hydrogens (tertiary/aromatic N) is 3. The molecule has 0 aliphatic heterocycles. The molecule has 13 heavy (non-hydrogen) atoms. The van der Waals surface area contributed by atoms with E-state index in [0.29, 0.717) is 0 Å². The number of hydrazone groups is 1. The lowest BCUT2D eigenvalue weighted by atomic mass is 10.3. The lowest BCUT2D eigenvalue weighted by Gasteiger charge is -1.96. The lowest BCUT2D eigenvalue weighted by molar-refractivity contribution is -0.486. The highest BCUT2D eigenvalue weighted by Crippen LogP contribution is 2.12. The molecule has 0 fully saturated rings. The molecular weight excluding hydrogens is 178 g/mol. The van der Waals surface area contributed by atoms with Gasteiger partial charge < -0.3 is 10.2 Å². The summed E-state index contributed by atoms with van der Waals surface area (Å²) < 4.78 is 0. The van der Waals surface area contributed by atoms with Crippen molar-refractivity contribution in [2.45, 2.75) is 0 Å². The number of nitro groups is 1. The molecule has 1 rings (SSSR count). The molecule has 0 bridgehead atoms. The second kappa shape index (κ2) is 3.48. The van der Waals surface area contributed by atoms with Crippen molar-refractivity contribution in [3.05, 3.63) is 34.1 Å². The van der Waals surface area contributed by atoms with Crippen LogP contribution in [0.4, 0.5) is 0 Å². The van der Waals surface area contributed by atoms with Crippen LogP contribution in [-0.4, -0.2) is 26.1 Å². The topological polar surface area (TPSA) is 109 Å². The Morgan fingerprint density at radius 1 is 1.69 bits per heavy atom. The molecule has 0 atom stereocenters. The summed E-state index contributed by atoms with van der Waals surface area (Å²) in [7, 11) is 0. The van der Waals surface area contributed by atoms with E-state index in [1.165, 1.54) is 18.3 Å². The SMILES string of the molecule is O=[N+]([O-])N=C(O)c1ncccc1O. The van der Waals surface area contributed by atoms with Crippen LogP contribution in [0.2, 0.25) is 0 Å². The minimum atomic E-state index is -1.08. The highest BCUT2D eigenvalue weighted by molar-refractivity contribution is 5.92. The van der Waals surface area contributed by atoms with Crippen LogP contribution < -0.4 is 0 Å². The van der Waals surface area contributed by atoms with Crippen LogP contribution in [0.15, 0.2) is 23.4 Å². The molecule has 0 saturated carbocycles. The number of aromatic hydroxyl groups is 1. The molecule has 1 aromatic heterocycles. The van der Waals surface area contributed by atoms with E-state index >= 15 is 0 Å². The summed E-state index contributed by atoms with van der Waals surface area (Å²) in [6, 6.07) is 2.65. The zero-order valence-electron chi connectivity index (χ0n) is 6.28. The summed E-state index contributed by atoms with van der Waals surface area (Å²) in [5.41, 5.74) is -0.320. The van der Waals surface area contributed by atoms with Gasteiger partial charge >= 0.3 is 5.90 Å². The van der Waals surface area contributed by atoms with Crippen LogP contribution in [0.5, 0.6) is 5.75 Å². The second-order valence-corrected chi connectivity index (χ2v) is 2.03. The molecule has 0 saturated heterocycles. The molecule has 0 aliphatic rings. The molecule has 0 amide bonds. The fraction of sp³-hybridized carbons (Fsp3) is 0. The number of aliphatic hydroxyl groups excluding tert-OH is 1. The van der Waals surface area contributed by atoms with Crippen molar-refractivity contribution in [1.29, 1.82) is 0 Å². The van der Waals surface area contributed by atoms with Crippen LogP contribution in [0.3, 0.4) is 0 Å². The summed E-state index contributed by atoms with van der Waals surface area (Å²) in [4.78, 5) is 13.3. The summed E-state index contributed by atoms with van der Waals surface area (Å²) >= 11 is 0. The first-order valence-corrected chi connectivity index (χ1v) is 3.17. The average molecular weight is 183 g/mol. The van der Waals surface area contributed by atoms with E-state index < -0.39 is 10.9 Å². The summed E-state index contributed by atoms with van der Waals surface area (Å²) in [5, 5.41) is 29.4.